The molecule has 0 amide bonds. The molecule has 0 saturated heterocycles. The maximum absolute atomic E-state index is 3.83. The van der Waals surface area contributed by atoms with Gasteiger partial charge in [-0.1, -0.05) is 40.2 Å². The number of hydrogen-bond donors (Lipinski definition) is 1. The van der Waals surface area contributed by atoms with Crippen LogP contribution in [0.15, 0.2) is 40.9 Å². The van der Waals surface area contributed by atoms with Crippen LogP contribution < -0.4 is 5.32 Å². The molecule has 70 valence electrons. The second-order valence-electron chi connectivity index (χ2n) is 3.19. The highest BCUT2D eigenvalue weighted by Crippen LogP contribution is 2.10. The van der Waals surface area contributed by atoms with Gasteiger partial charge in [-0.3, -0.25) is 0 Å². The van der Waals surface area contributed by atoms with Crippen LogP contribution in [0.2, 0.25) is 0 Å². The minimum absolute atomic E-state index is 0.885. The van der Waals surface area contributed by atoms with E-state index in [-0.39, 0.29) is 0 Å². The molecule has 1 aromatic carbocycles. The second-order valence-corrected chi connectivity index (χ2v) is 4.10. The molecule has 0 spiro atoms. The summed E-state index contributed by atoms with van der Waals surface area (Å²) in [6, 6.07) is 8.32. The molecule has 0 atom stereocenters. The van der Waals surface area contributed by atoms with Crippen LogP contribution in [0.1, 0.15) is 12.5 Å². The monoisotopic (exact) mass is 239 g/mol. The maximum atomic E-state index is 3.83. The number of halogens is 1. The van der Waals surface area contributed by atoms with Crippen LogP contribution in [0.25, 0.3) is 0 Å². The van der Waals surface area contributed by atoms with E-state index in [1.165, 1.54) is 5.56 Å². The zero-order valence-electron chi connectivity index (χ0n) is 7.81. The van der Waals surface area contributed by atoms with Crippen molar-refractivity contribution < 1.29 is 0 Å². The lowest BCUT2D eigenvalue weighted by Gasteiger charge is -2.04. The summed E-state index contributed by atoms with van der Waals surface area (Å²) >= 11 is 3.40. The van der Waals surface area contributed by atoms with Crippen molar-refractivity contribution in [1.82, 2.24) is 5.32 Å². The Balaban J connectivity index is 2.37. The van der Waals surface area contributed by atoms with E-state index in [2.05, 4.69) is 52.1 Å². The Morgan fingerprint density at radius 1 is 1.38 bits per heavy atom. The van der Waals surface area contributed by atoms with Gasteiger partial charge in [0.25, 0.3) is 0 Å². The summed E-state index contributed by atoms with van der Waals surface area (Å²) in [6.45, 7) is 7.64. The van der Waals surface area contributed by atoms with Crippen LogP contribution in [-0.4, -0.2) is 6.54 Å². The molecule has 13 heavy (non-hydrogen) atoms. The van der Waals surface area contributed by atoms with E-state index >= 15 is 0 Å². The van der Waals surface area contributed by atoms with Gasteiger partial charge in [-0.2, -0.15) is 0 Å². The van der Waals surface area contributed by atoms with Gasteiger partial charge in [0.05, 0.1) is 0 Å². The molecule has 0 aliphatic rings. The highest BCUT2D eigenvalue weighted by atomic mass is 79.9. The predicted octanol–water partition coefficient (Wildman–Crippen LogP) is 3.11. The van der Waals surface area contributed by atoms with Gasteiger partial charge in [0.2, 0.25) is 0 Å². The second kappa shape index (κ2) is 5.20. The first kappa shape index (κ1) is 10.5. The van der Waals surface area contributed by atoms with Crippen molar-refractivity contribution in [2.75, 3.05) is 6.54 Å². The molecular formula is C11H14BrN. The van der Waals surface area contributed by atoms with E-state index in [1.807, 2.05) is 6.92 Å². The summed E-state index contributed by atoms with van der Waals surface area (Å²) in [5.74, 6) is 0. The zero-order chi connectivity index (χ0) is 9.68. The summed E-state index contributed by atoms with van der Waals surface area (Å²) in [5.41, 5.74) is 2.46. The number of benzene rings is 1. The third kappa shape index (κ3) is 4.25. The molecule has 0 aromatic heterocycles. The van der Waals surface area contributed by atoms with E-state index in [0.717, 1.165) is 23.1 Å². The highest BCUT2D eigenvalue weighted by Gasteiger charge is 1.92. The Bertz CT molecular complexity index is 277. The van der Waals surface area contributed by atoms with Crippen LogP contribution in [0.3, 0.4) is 0 Å². The molecule has 0 radical (unpaired) electrons. The van der Waals surface area contributed by atoms with E-state index in [4.69, 9.17) is 0 Å². The lowest BCUT2D eigenvalue weighted by atomic mass is 10.2. The van der Waals surface area contributed by atoms with Crippen molar-refractivity contribution in [1.29, 1.82) is 0 Å². The van der Waals surface area contributed by atoms with Crippen molar-refractivity contribution in [3.8, 4) is 0 Å². The van der Waals surface area contributed by atoms with Crippen molar-refractivity contribution in [2.45, 2.75) is 13.5 Å². The minimum Gasteiger partial charge on any atom is -0.309 e. The fourth-order valence-electron chi connectivity index (χ4n) is 1.02. The summed E-state index contributed by atoms with van der Waals surface area (Å²) in [5, 5.41) is 3.31. The Morgan fingerprint density at radius 3 is 2.54 bits per heavy atom. The van der Waals surface area contributed by atoms with Crippen LogP contribution in [0, 0.1) is 0 Å². The summed E-state index contributed by atoms with van der Waals surface area (Å²) in [4.78, 5) is 0. The highest BCUT2D eigenvalue weighted by molar-refractivity contribution is 9.10. The van der Waals surface area contributed by atoms with Gasteiger partial charge in [0.15, 0.2) is 0 Å². The topological polar surface area (TPSA) is 12.0 Å². The molecule has 0 unspecified atom stereocenters. The van der Waals surface area contributed by atoms with E-state index in [9.17, 15) is 0 Å². The summed E-state index contributed by atoms with van der Waals surface area (Å²) in [6.07, 6.45) is 0. The first-order valence-corrected chi connectivity index (χ1v) is 5.07. The molecule has 0 bridgehead atoms. The largest absolute Gasteiger partial charge is 0.309 e. The fraction of sp³-hybridized carbons (Fsp3) is 0.273. The predicted molar refractivity (Wildman–Crippen MR) is 60.7 cm³/mol. The molecule has 1 N–H and O–H groups in total. The van der Waals surface area contributed by atoms with Gasteiger partial charge in [0.1, 0.15) is 0 Å². The van der Waals surface area contributed by atoms with Gasteiger partial charge < -0.3 is 5.32 Å². The number of rotatable bonds is 4. The SMILES string of the molecule is C=C(C)CNCc1ccc(Br)cc1. The Labute approximate surface area is 88.0 Å². The molecule has 0 heterocycles. The standard InChI is InChI=1S/C11H14BrN/c1-9(2)7-13-8-10-3-5-11(12)6-4-10/h3-6,13H,1,7-8H2,2H3. The van der Waals surface area contributed by atoms with Gasteiger partial charge in [-0.25, -0.2) is 0 Å². The van der Waals surface area contributed by atoms with E-state index < -0.39 is 0 Å². The first-order chi connectivity index (χ1) is 6.18. The molecule has 0 saturated carbocycles. The Kier molecular flexibility index (Phi) is 4.19. The van der Waals surface area contributed by atoms with Crippen molar-refractivity contribution >= 4 is 15.9 Å². The van der Waals surface area contributed by atoms with Crippen LogP contribution >= 0.6 is 15.9 Å². The third-order valence-corrected chi connectivity index (χ3v) is 2.20. The Morgan fingerprint density at radius 2 is 2.00 bits per heavy atom. The normalized spacial score (nSPS) is 10.0. The first-order valence-electron chi connectivity index (χ1n) is 4.28. The quantitative estimate of drug-likeness (QED) is 0.797. The van der Waals surface area contributed by atoms with Crippen molar-refractivity contribution in [3.05, 3.63) is 46.5 Å². The van der Waals surface area contributed by atoms with E-state index in [1.54, 1.807) is 0 Å². The third-order valence-electron chi connectivity index (χ3n) is 1.67. The molecule has 0 fully saturated rings. The molecule has 1 aromatic rings. The lowest BCUT2D eigenvalue weighted by molar-refractivity contribution is 0.741. The van der Waals surface area contributed by atoms with Gasteiger partial charge in [-0.05, 0) is 24.6 Å². The molecule has 0 aliphatic carbocycles. The average molecular weight is 240 g/mol. The van der Waals surface area contributed by atoms with Gasteiger partial charge in [0, 0.05) is 17.6 Å². The molecule has 0 aliphatic heterocycles. The van der Waals surface area contributed by atoms with Crippen LogP contribution in [0.4, 0.5) is 0 Å². The van der Waals surface area contributed by atoms with Gasteiger partial charge in [-0.15, -0.1) is 0 Å². The Hall–Kier alpha value is -0.600. The zero-order valence-corrected chi connectivity index (χ0v) is 9.39. The van der Waals surface area contributed by atoms with Gasteiger partial charge >= 0.3 is 0 Å². The van der Waals surface area contributed by atoms with Crippen molar-refractivity contribution in [3.63, 3.8) is 0 Å². The number of hydrogen-bond acceptors (Lipinski definition) is 1. The summed E-state index contributed by atoms with van der Waals surface area (Å²) in [7, 11) is 0. The fourth-order valence-corrected chi connectivity index (χ4v) is 1.29. The average Bonchev–Trinajstić information content (AvgIpc) is 2.08. The smallest absolute Gasteiger partial charge is 0.0208 e. The van der Waals surface area contributed by atoms with Crippen LogP contribution in [-0.2, 0) is 6.54 Å². The molecular weight excluding hydrogens is 226 g/mol. The lowest BCUT2D eigenvalue weighted by Crippen LogP contribution is -2.14. The minimum atomic E-state index is 0.885. The molecule has 1 rings (SSSR count). The van der Waals surface area contributed by atoms with Crippen LogP contribution in [0.5, 0.6) is 0 Å². The number of nitrogens with one attached hydrogen (secondary N) is 1. The maximum Gasteiger partial charge on any atom is 0.0208 e. The molecule has 1 nitrogen and oxygen atoms in total. The molecule has 2 heteroatoms. The summed E-state index contributed by atoms with van der Waals surface area (Å²) < 4.78 is 1.12. The van der Waals surface area contributed by atoms with E-state index in [0.29, 0.717) is 0 Å². The van der Waals surface area contributed by atoms with Crippen molar-refractivity contribution in [2.24, 2.45) is 0 Å².